The van der Waals surface area contributed by atoms with Crippen LogP contribution in [0.15, 0.2) is 42.5 Å². The molecule has 1 saturated heterocycles. The van der Waals surface area contributed by atoms with Gasteiger partial charge in [-0.3, -0.25) is 9.69 Å². The number of thiophene rings is 1. The van der Waals surface area contributed by atoms with E-state index >= 15 is 0 Å². The number of aryl methyl sites for hydroxylation is 1. The Bertz CT molecular complexity index is 698. The second kappa shape index (κ2) is 8.13. The number of rotatable bonds is 6. The number of hydrogen-bond donors (Lipinski definition) is 1. The smallest absolute Gasteiger partial charge is 0.261 e. The highest BCUT2D eigenvalue weighted by Gasteiger charge is 2.34. The zero-order valence-corrected chi connectivity index (χ0v) is 16.1. The average Bonchev–Trinajstić information content (AvgIpc) is 3.15. The lowest BCUT2D eigenvalue weighted by Gasteiger charge is -2.22. The third kappa shape index (κ3) is 4.91. The van der Waals surface area contributed by atoms with Gasteiger partial charge in [-0.25, -0.2) is 0 Å². The van der Waals surface area contributed by atoms with Gasteiger partial charge in [-0.2, -0.15) is 0 Å². The van der Waals surface area contributed by atoms with Crippen LogP contribution in [0.5, 0.6) is 0 Å². The summed E-state index contributed by atoms with van der Waals surface area (Å²) in [5.74, 6) is 0.511. The summed E-state index contributed by atoms with van der Waals surface area (Å²) in [6, 6.07) is 14.7. The summed E-state index contributed by atoms with van der Waals surface area (Å²) in [7, 11) is 4.20. The molecular weight excluding hydrogens is 330 g/mol. The number of nitrogens with zero attached hydrogens (tertiary/aromatic N) is 2. The van der Waals surface area contributed by atoms with Crippen molar-refractivity contribution >= 4 is 17.2 Å². The first-order valence-corrected chi connectivity index (χ1v) is 9.61. The van der Waals surface area contributed by atoms with Crippen LogP contribution in [0.2, 0.25) is 0 Å². The minimum absolute atomic E-state index is 0.0633. The van der Waals surface area contributed by atoms with Gasteiger partial charge in [0.15, 0.2) is 0 Å². The summed E-state index contributed by atoms with van der Waals surface area (Å²) in [4.78, 5) is 19.2. The molecule has 0 bridgehead atoms. The molecule has 2 aromatic rings. The van der Waals surface area contributed by atoms with Gasteiger partial charge in [-0.05, 0) is 38.7 Å². The molecule has 5 heteroatoms. The van der Waals surface area contributed by atoms with E-state index in [1.54, 1.807) is 11.3 Å². The van der Waals surface area contributed by atoms with Crippen molar-refractivity contribution < 1.29 is 4.79 Å². The van der Waals surface area contributed by atoms with Gasteiger partial charge in [0.05, 0.1) is 4.88 Å². The molecule has 1 amide bonds. The van der Waals surface area contributed by atoms with E-state index < -0.39 is 0 Å². The molecule has 0 radical (unpaired) electrons. The first-order valence-electron chi connectivity index (χ1n) is 8.79. The summed E-state index contributed by atoms with van der Waals surface area (Å²) in [6.45, 7) is 5.88. The van der Waals surface area contributed by atoms with Gasteiger partial charge in [0.25, 0.3) is 5.91 Å². The van der Waals surface area contributed by atoms with Crippen LogP contribution in [0.1, 0.15) is 20.1 Å². The maximum absolute atomic E-state index is 12.6. The van der Waals surface area contributed by atoms with E-state index in [1.807, 2.05) is 25.1 Å². The molecule has 1 aliphatic heterocycles. The molecule has 3 rings (SSSR count). The molecule has 0 aliphatic carbocycles. The highest BCUT2D eigenvalue weighted by Crippen LogP contribution is 2.22. The maximum Gasteiger partial charge on any atom is 0.261 e. The highest BCUT2D eigenvalue weighted by atomic mass is 32.1. The van der Waals surface area contributed by atoms with Crippen molar-refractivity contribution in [3.63, 3.8) is 0 Å². The number of carbonyl (C=O) groups excluding carboxylic acids is 1. The number of hydrogen-bond acceptors (Lipinski definition) is 4. The van der Waals surface area contributed by atoms with Crippen molar-refractivity contribution in [3.05, 3.63) is 57.8 Å². The fraction of sp³-hybridized carbons (Fsp3) is 0.450. The quantitative estimate of drug-likeness (QED) is 0.863. The van der Waals surface area contributed by atoms with E-state index in [4.69, 9.17) is 0 Å². The summed E-state index contributed by atoms with van der Waals surface area (Å²) >= 11 is 1.56. The Hall–Kier alpha value is -1.69. The number of likely N-dealkylation sites (tertiary alicyclic amines) is 1. The molecule has 134 valence electrons. The Labute approximate surface area is 154 Å². The average molecular weight is 358 g/mol. The van der Waals surface area contributed by atoms with Crippen LogP contribution in [-0.4, -0.2) is 55.5 Å². The van der Waals surface area contributed by atoms with E-state index in [0.717, 1.165) is 31.1 Å². The van der Waals surface area contributed by atoms with Crippen molar-refractivity contribution in [1.82, 2.24) is 15.1 Å². The van der Waals surface area contributed by atoms with Gasteiger partial charge in [0.2, 0.25) is 0 Å². The monoisotopic (exact) mass is 357 g/mol. The summed E-state index contributed by atoms with van der Waals surface area (Å²) < 4.78 is 0. The molecule has 1 aromatic heterocycles. The number of amides is 1. The van der Waals surface area contributed by atoms with Crippen LogP contribution in [0.4, 0.5) is 0 Å². The van der Waals surface area contributed by atoms with Crippen molar-refractivity contribution in [2.45, 2.75) is 19.5 Å². The summed E-state index contributed by atoms with van der Waals surface area (Å²) in [5.41, 5.74) is 1.33. The Balaban J connectivity index is 1.66. The molecule has 1 aliphatic rings. The first kappa shape index (κ1) is 18.1. The highest BCUT2D eigenvalue weighted by molar-refractivity contribution is 7.13. The van der Waals surface area contributed by atoms with E-state index in [-0.39, 0.29) is 11.9 Å². The second-order valence-electron chi connectivity index (χ2n) is 7.19. The lowest BCUT2D eigenvalue weighted by molar-refractivity contribution is 0.0931. The van der Waals surface area contributed by atoms with Crippen LogP contribution in [0.25, 0.3) is 0 Å². The van der Waals surface area contributed by atoms with Gasteiger partial charge in [0, 0.05) is 43.0 Å². The molecular formula is C20H27N3OS. The van der Waals surface area contributed by atoms with Crippen LogP contribution in [0.3, 0.4) is 0 Å². The zero-order valence-electron chi connectivity index (χ0n) is 15.2. The predicted octanol–water partition coefficient (Wildman–Crippen LogP) is 2.85. The standard InChI is InChI=1S/C20H27N3OS/c1-15-9-10-19(25-15)20(24)21-18-14-23(13-17(18)12-22(2)3)11-16-7-5-4-6-8-16/h4-10,17-18H,11-14H2,1-3H3,(H,21,24)/t17-,18-/m1/s1. The molecule has 2 atom stereocenters. The third-order valence-electron chi connectivity index (χ3n) is 4.65. The maximum atomic E-state index is 12.6. The van der Waals surface area contributed by atoms with Gasteiger partial charge >= 0.3 is 0 Å². The molecule has 0 unspecified atom stereocenters. The number of benzene rings is 1. The normalized spacial score (nSPS) is 21.0. The SMILES string of the molecule is Cc1ccc(C(=O)N[C@@H]2CN(Cc3ccccc3)C[C@H]2CN(C)C)s1. The summed E-state index contributed by atoms with van der Waals surface area (Å²) in [6.07, 6.45) is 0. The predicted molar refractivity (Wildman–Crippen MR) is 104 cm³/mol. The molecule has 4 nitrogen and oxygen atoms in total. The van der Waals surface area contributed by atoms with Crippen molar-refractivity contribution in [2.24, 2.45) is 5.92 Å². The van der Waals surface area contributed by atoms with Gasteiger partial charge in [-0.15, -0.1) is 11.3 Å². The van der Waals surface area contributed by atoms with Crippen molar-refractivity contribution in [1.29, 1.82) is 0 Å². The van der Waals surface area contributed by atoms with E-state index in [0.29, 0.717) is 5.92 Å². The Morgan fingerprint density at radius 2 is 1.96 bits per heavy atom. The molecule has 1 N–H and O–H groups in total. The number of carbonyl (C=O) groups is 1. The van der Waals surface area contributed by atoms with Gasteiger partial charge < -0.3 is 10.2 Å². The van der Waals surface area contributed by atoms with E-state index in [1.165, 1.54) is 10.4 Å². The van der Waals surface area contributed by atoms with Gasteiger partial charge in [0.1, 0.15) is 0 Å². The Morgan fingerprint density at radius 3 is 2.60 bits per heavy atom. The van der Waals surface area contributed by atoms with E-state index in [9.17, 15) is 4.79 Å². The first-order chi connectivity index (χ1) is 12.0. The molecule has 25 heavy (non-hydrogen) atoms. The molecule has 0 spiro atoms. The van der Waals surface area contributed by atoms with Crippen molar-refractivity contribution in [3.8, 4) is 0 Å². The van der Waals surface area contributed by atoms with Gasteiger partial charge in [-0.1, -0.05) is 30.3 Å². The minimum atomic E-state index is 0.0633. The Kier molecular flexibility index (Phi) is 5.89. The fourth-order valence-corrected chi connectivity index (χ4v) is 4.32. The van der Waals surface area contributed by atoms with Crippen LogP contribution in [0, 0.1) is 12.8 Å². The minimum Gasteiger partial charge on any atom is -0.347 e. The third-order valence-corrected chi connectivity index (χ3v) is 5.65. The van der Waals surface area contributed by atoms with E-state index in [2.05, 4.69) is 53.5 Å². The largest absolute Gasteiger partial charge is 0.347 e. The lowest BCUT2D eigenvalue weighted by atomic mass is 10.0. The van der Waals surface area contributed by atoms with Crippen molar-refractivity contribution in [2.75, 3.05) is 33.7 Å². The molecule has 0 saturated carbocycles. The number of nitrogens with one attached hydrogen (secondary N) is 1. The Morgan fingerprint density at radius 1 is 1.20 bits per heavy atom. The van der Waals surface area contributed by atoms with Crippen LogP contribution >= 0.6 is 11.3 Å². The molecule has 1 aromatic carbocycles. The summed E-state index contributed by atoms with van der Waals surface area (Å²) in [5, 5.41) is 3.28. The molecule has 2 heterocycles. The second-order valence-corrected chi connectivity index (χ2v) is 8.48. The van der Waals surface area contributed by atoms with Crippen LogP contribution < -0.4 is 5.32 Å². The van der Waals surface area contributed by atoms with Crippen LogP contribution in [-0.2, 0) is 6.54 Å². The molecule has 1 fully saturated rings. The lowest BCUT2D eigenvalue weighted by Crippen LogP contribution is -2.43. The fourth-order valence-electron chi connectivity index (χ4n) is 3.54. The topological polar surface area (TPSA) is 35.6 Å². The zero-order chi connectivity index (χ0) is 17.8.